The molecule has 0 spiro atoms. The predicted molar refractivity (Wildman–Crippen MR) is 56.0 cm³/mol. The second-order valence-corrected chi connectivity index (χ2v) is 3.42. The fourth-order valence-electron chi connectivity index (χ4n) is 1.69. The minimum absolute atomic E-state index is 0.319. The summed E-state index contributed by atoms with van der Waals surface area (Å²) >= 11 is 0. The lowest BCUT2D eigenvalue weighted by atomic mass is 10.1. The number of methoxy groups -OCH3 is 2. The summed E-state index contributed by atoms with van der Waals surface area (Å²) in [5.74, 6) is 0.248. The largest absolute Gasteiger partial charge is 0.493 e. The van der Waals surface area contributed by atoms with Gasteiger partial charge in [0.15, 0.2) is 11.5 Å². The summed E-state index contributed by atoms with van der Waals surface area (Å²) in [5, 5.41) is 0. The molecule has 0 atom stereocenters. The molecule has 16 heavy (non-hydrogen) atoms. The van der Waals surface area contributed by atoms with Gasteiger partial charge in [0.05, 0.1) is 25.3 Å². The van der Waals surface area contributed by atoms with Crippen LogP contribution in [0.2, 0.25) is 0 Å². The number of ether oxygens (including phenoxy) is 2. The molecule has 0 N–H and O–H groups in total. The van der Waals surface area contributed by atoms with Gasteiger partial charge in [0.2, 0.25) is 0 Å². The molecule has 2 rings (SSSR count). The number of carbonyl (C=O) groups excluding carboxylic acids is 2. The average molecular weight is 221 g/mol. The first-order valence-electron chi connectivity index (χ1n) is 4.68. The molecule has 1 aromatic rings. The number of carbonyl (C=O) groups is 2. The van der Waals surface area contributed by atoms with E-state index in [0.29, 0.717) is 22.6 Å². The molecular weight excluding hydrogens is 210 g/mol. The Morgan fingerprint density at radius 1 is 0.938 bits per heavy atom. The van der Waals surface area contributed by atoms with E-state index in [9.17, 15) is 9.59 Å². The zero-order chi connectivity index (χ0) is 11.9. The summed E-state index contributed by atoms with van der Waals surface area (Å²) in [7, 11) is 4.41. The van der Waals surface area contributed by atoms with Crippen molar-refractivity contribution in [2.75, 3.05) is 21.3 Å². The Bertz CT molecular complexity index is 438. The number of imide groups is 1. The van der Waals surface area contributed by atoms with Crippen molar-refractivity contribution in [1.29, 1.82) is 0 Å². The molecule has 1 aliphatic rings. The molecule has 0 bridgehead atoms. The number of fused-ring (bicyclic) bond motifs is 1. The van der Waals surface area contributed by atoms with Crippen LogP contribution in [0.1, 0.15) is 20.7 Å². The second kappa shape index (κ2) is 3.52. The molecule has 5 nitrogen and oxygen atoms in total. The molecule has 0 unspecified atom stereocenters. The third kappa shape index (κ3) is 1.25. The summed E-state index contributed by atoms with van der Waals surface area (Å²) in [4.78, 5) is 24.4. The normalized spacial score (nSPS) is 14.1. The molecular formula is C11H11NO4. The van der Waals surface area contributed by atoms with Crippen molar-refractivity contribution in [2.45, 2.75) is 0 Å². The van der Waals surface area contributed by atoms with Gasteiger partial charge in [0.25, 0.3) is 11.8 Å². The summed E-state index contributed by atoms with van der Waals surface area (Å²) in [6.45, 7) is 0. The van der Waals surface area contributed by atoms with Gasteiger partial charge in [-0.05, 0) is 12.1 Å². The Morgan fingerprint density at radius 3 is 1.62 bits per heavy atom. The fraction of sp³-hybridized carbons (Fsp3) is 0.273. The minimum Gasteiger partial charge on any atom is -0.493 e. The monoisotopic (exact) mass is 221 g/mol. The Labute approximate surface area is 92.6 Å². The Hall–Kier alpha value is -2.04. The van der Waals surface area contributed by atoms with Gasteiger partial charge in [0, 0.05) is 7.05 Å². The van der Waals surface area contributed by atoms with E-state index in [1.807, 2.05) is 0 Å². The topological polar surface area (TPSA) is 55.8 Å². The number of amides is 2. The lowest BCUT2D eigenvalue weighted by molar-refractivity contribution is 0.0693. The maximum Gasteiger partial charge on any atom is 0.261 e. The zero-order valence-corrected chi connectivity index (χ0v) is 9.23. The van der Waals surface area contributed by atoms with E-state index in [4.69, 9.17) is 9.47 Å². The third-order valence-electron chi connectivity index (χ3n) is 2.59. The van der Waals surface area contributed by atoms with Crippen LogP contribution in [-0.4, -0.2) is 38.0 Å². The first-order chi connectivity index (χ1) is 7.60. The van der Waals surface area contributed by atoms with E-state index in [0.717, 1.165) is 4.90 Å². The Balaban J connectivity index is 2.64. The van der Waals surface area contributed by atoms with Crippen LogP contribution in [0.5, 0.6) is 11.5 Å². The van der Waals surface area contributed by atoms with Crippen LogP contribution in [0.4, 0.5) is 0 Å². The van der Waals surface area contributed by atoms with Crippen molar-refractivity contribution < 1.29 is 19.1 Å². The van der Waals surface area contributed by atoms with Crippen molar-refractivity contribution in [3.05, 3.63) is 23.3 Å². The fourth-order valence-corrected chi connectivity index (χ4v) is 1.69. The average Bonchev–Trinajstić information content (AvgIpc) is 2.52. The SMILES string of the molecule is COc1cc2c(cc1OC)C(=O)N(C)C2=O. The van der Waals surface area contributed by atoms with Gasteiger partial charge in [-0.3, -0.25) is 14.5 Å². The van der Waals surface area contributed by atoms with Crippen LogP contribution in [0.15, 0.2) is 12.1 Å². The van der Waals surface area contributed by atoms with Gasteiger partial charge in [-0.2, -0.15) is 0 Å². The third-order valence-corrected chi connectivity index (χ3v) is 2.59. The Kier molecular flexibility index (Phi) is 2.30. The molecule has 0 radical (unpaired) electrons. The van der Waals surface area contributed by atoms with Gasteiger partial charge in [-0.1, -0.05) is 0 Å². The van der Waals surface area contributed by atoms with Crippen molar-refractivity contribution in [1.82, 2.24) is 4.90 Å². The highest BCUT2D eigenvalue weighted by Gasteiger charge is 2.34. The molecule has 5 heteroatoms. The smallest absolute Gasteiger partial charge is 0.261 e. The van der Waals surface area contributed by atoms with E-state index >= 15 is 0 Å². The van der Waals surface area contributed by atoms with Gasteiger partial charge >= 0.3 is 0 Å². The number of nitrogens with zero attached hydrogens (tertiary/aromatic N) is 1. The van der Waals surface area contributed by atoms with Gasteiger partial charge in [0.1, 0.15) is 0 Å². The predicted octanol–water partition coefficient (Wildman–Crippen LogP) is 0.930. The molecule has 2 amide bonds. The Morgan fingerprint density at radius 2 is 1.31 bits per heavy atom. The number of benzene rings is 1. The molecule has 0 fully saturated rings. The van der Waals surface area contributed by atoms with E-state index in [-0.39, 0.29) is 11.8 Å². The molecule has 1 heterocycles. The summed E-state index contributed by atoms with van der Waals surface area (Å²) in [5.41, 5.74) is 0.704. The van der Waals surface area contributed by atoms with E-state index < -0.39 is 0 Å². The maximum absolute atomic E-state index is 11.7. The second-order valence-electron chi connectivity index (χ2n) is 3.42. The van der Waals surface area contributed by atoms with Crippen molar-refractivity contribution in [3.8, 4) is 11.5 Å². The van der Waals surface area contributed by atoms with Crippen LogP contribution in [0.3, 0.4) is 0 Å². The van der Waals surface area contributed by atoms with Gasteiger partial charge in [-0.25, -0.2) is 0 Å². The maximum atomic E-state index is 11.7. The van der Waals surface area contributed by atoms with Crippen LogP contribution in [0, 0.1) is 0 Å². The summed E-state index contributed by atoms with van der Waals surface area (Å²) in [6, 6.07) is 3.05. The van der Waals surface area contributed by atoms with Crippen LogP contribution in [0.25, 0.3) is 0 Å². The van der Waals surface area contributed by atoms with E-state index in [1.54, 1.807) is 0 Å². The molecule has 0 saturated heterocycles. The highest BCUT2D eigenvalue weighted by atomic mass is 16.5. The molecule has 0 aliphatic carbocycles. The van der Waals surface area contributed by atoms with Crippen LogP contribution < -0.4 is 9.47 Å². The van der Waals surface area contributed by atoms with Crippen molar-refractivity contribution >= 4 is 11.8 Å². The molecule has 0 aromatic heterocycles. The number of rotatable bonds is 2. The van der Waals surface area contributed by atoms with Crippen LogP contribution in [-0.2, 0) is 0 Å². The highest BCUT2D eigenvalue weighted by molar-refractivity contribution is 6.21. The molecule has 84 valence electrons. The molecule has 0 saturated carbocycles. The molecule has 1 aliphatic heterocycles. The number of hydrogen-bond acceptors (Lipinski definition) is 4. The summed E-state index contributed by atoms with van der Waals surface area (Å²) in [6.07, 6.45) is 0. The van der Waals surface area contributed by atoms with Crippen molar-refractivity contribution in [2.24, 2.45) is 0 Å². The van der Waals surface area contributed by atoms with Crippen molar-refractivity contribution in [3.63, 3.8) is 0 Å². The standard InChI is InChI=1S/C11H11NO4/c1-12-10(13)6-4-8(15-2)9(16-3)5-7(6)11(12)14/h4-5H,1-3H3. The highest BCUT2D eigenvalue weighted by Crippen LogP contribution is 2.34. The quantitative estimate of drug-likeness (QED) is 0.697. The molecule has 1 aromatic carbocycles. The van der Waals surface area contributed by atoms with Gasteiger partial charge in [-0.15, -0.1) is 0 Å². The summed E-state index contributed by atoms with van der Waals surface area (Å²) < 4.78 is 10.1. The first kappa shape index (κ1) is 10.5. The van der Waals surface area contributed by atoms with Crippen LogP contribution >= 0.6 is 0 Å². The van der Waals surface area contributed by atoms with E-state index in [2.05, 4.69) is 0 Å². The lowest BCUT2D eigenvalue weighted by Gasteiger charge is -2.07. The van der Waals surface area contributed by atoms with Gasteiger partial charge < -0.3 is 9.47 Å². The zero-order valence-electron chi connectivity index (χ0n) is 9.23. The van der Waals surface area contributed by atoms with E-state index in [1.165, 1.54) is 33.4 Å². The number of hydrogen-bond donors (Lipinski definition) is 0. The first-order valence-corrected chi connectivity index (χ1v) is 4.68. The minimum atomic E-state index is -0.319. The lowest BCUT2D eigenvalue weighted by Crippen LogP contribution is -2.24.